The van der Waals surface area contributed by atoms with E-state index >= 15 is 0 Å². The molecule has 2 atom stereocenters. The summed E-state index contributed by atoms with van der Waals surface area (Å²) >= 11 is 0. The van der Waals surface area contributed by atoms with Gasteiger partial charge in [0.25, 0.3) is 0 Å². The standard InChI is InChI=1S/C9H16O2/c1-7-4-3-5-9(7)6-11-8(2)10/h7,9H,3-6H2,1-2H3. The molecule has 1 fully saturated rings. The monoisotopic (exact) mass is 156 g/mol. The summed E-state index contributed by atoms with van der Waals surface area (Å²) in [6.45, 7) is 4.34. The molecule has 1 rings (SSSR count). The number of carbonyl (C=O) groups is 1. The Bertz CT molecular complexity index is 142. The molecule has 2 unspecified atom stereocenters. The lowest BCUT2D eigenvalue weighted by Gasteiger charge is -2.13. The molecule has 0 radical (unpaired) electrons. The Kier molecular flexibility index (Phi) is 2.92. The van der Waals surface area contributed by atoms with Crippen LogP contribution in [0.25, 0.3) is 0 Å². The summed E-state index contributed by atoms with van der Waals surface area (Å²) in [7, 11) is 0. The third kappa shape index (κ3) is 2.52. The summed E-state index contributed by atoms with van der Waals surface area (Å²) in [4.78, 5) is 10.5. The number of hydrogen-bond acceptors (Lipinski definition) is 2. The molecular weight excluding hydrogens is 140 g/mol. The van der Waals surface area contributed by atoms with Gasteiger partial charge in [0, 0.05) is 6.92 Å². The Morgan fingerprint density at radius 2 is 2.27 bits per heavy atom. The first-order chi connectivity index (χ1) is 5.20. The van der Waals surface area contributed by atoms with Crippen molar-refractivity contribution >= 4 is 5.97 Å². The highest BCUT2D eigenvalue weighted by Gasteiger charge is 2.23. The number of esters is 1. The molecule has 1 aliphatic rings. The first-order valence-electron chi connectivity index (χ1n) is 4.33. The van der Waals surface area contributed by atoms with Crippen molar-refractivity contribution in [2.45, 2.75) is 33.1 Å². The minimum Gasteiger partial charge on any atom is -0.466 e. The zero-order chi connectivity index (χ0) is 8.27. The normalized spacial score (nSPS) is 30.4. The van der Waals surface area contributed by atoms with Gasteiger partial charge in [0.15, 0.2) is 0 Å². The van der Waals surface area contributed by atoms with Crippen molar-refractivity contribution in [2.24, 2.45) is 11.8 Å². The molecule has 0 saturated heterocycles. The molecule has 0 aliphatic heterocycles. The second-order valence-electron chi connectivity index (χ2n) is 3.47. The zero-order valence-corrected chi connectivity index (χ0v) is 7.30. The highest BCUT2D eigenvalue weighted by atomic mass is 16.5. The van der Waals surface area contributed by atoms with Crippen LogP contribution in [0.15, 0.2) is 0 Å². The lowest BCUT2D eigenvalue weighted by atomic mass is 9.99. The number of hydrogen-bond donors (Lipinski definition) is 0. The van der Waals surface area contributed by atoms with Gasteiger partial charge in [-0.25, -0.2) is 0 Å². The summed E-state index contributed by atoms with van der Waals surface area (Å²) in [5.41, 5.74) is 0. The molecular formula is C9H16O2. The van der Waals surface area contributed by atoms with E-state index in [0.29, 0.717) is 12.5 Å². The molecule has 1 aliphatic carbocycles. The van der Waals surface area contributed by atoms with Crippen molar-refractivity contribution in [1.29, 1.82) is 0 Å². The summed E-state index contributed by atoms with van der Waals surface area (Å²) in [5.74, 6) is 1.22. The molecule has 0 aromatic heterocycles. The van der Waals surface area contributed by atoms with Gasteiger partial charge in [-0.3, -0.25) is 4.79 Å². The van der Waals surface area contributed by atoms with Crippen molar-refractivity contribution in [3.8, 4) is 0 Å². The van der Waals surface area contributed by atoms with Crippen LogP contribution in [0, 0.1) is 11.8 Å². The Morgan fingerprint density at radius 3 is 2.73 bits per heavy atom. The highest BCUT2D eigenvalue weighted by molar-refractivity contribution is 5.65. The fourth-order valence-electron chi connectivity index (χ4n) is 1.69. The molecule has 0 amide bonds. The molecule has 0 spiro atoms. The van der Waals surface area contributed by atoms with Gasteiger partial charge in [-0.1, -0.05) is 19.8 Å². The van der Waals surface area contributed by atoms with Crippen LogP contribution in [-0.4, -0.2) is 12.6 Å². The number of rotatable bonds is 2. The number of ether oxygens (including phenoxy) is 1. The van der Waals surface area contributed by atoms with Gasteiger partial charge in [-0.15, -0.1) is 0 Å². The van der Waals surface area contributed by atoms with Crippen LogP contribution >= 0.6 is 0 Å². The largest absolute Gasteiger partial charge is 0.466 e. The van der Waals surface area contributed by atoms with E-state index in [0.717, 1.165) is 5.92 Å². The average Bonchev–Trinajstić information content (AvgIpc) is 2.31. The summed E-state index contributed by atoms with van der Waals surface area (Å²) in [6, 6.07) is 0. The van der Waals surface area contributed by atoms with Crippen molar-refractivity contribution in [3.05, 3.63) is 0 Å². The molecule has 0 aromatic rings. The van der Waals surface area contributed by atoms with Gasteiger partial charge >= 0.3 is 5.97 Å². The Hall–Kier alpha value is -0.530. The van der Waals surface area contributed by atoms with Crippen LogP contribution in [0.5, 0.6) is 0 Å². The van der Waals surface area contributed by atoms with Crippen molar-refractivity contribution in [1.82, 2.24) is 0 Å². The average molecular weight is 156 g/mol. The van der Waals surface area contributed by atoms with Gasteiger partial charge in [0.05, 0.1) is 6.61 Å². The van der Waals surface area contributed by atoms with Gasteiger partial charge < -0.3 is 4.74 Å². The van der Waals surface area contributed by atoms with Gasteiger partial charge in [0.1, 0.15) is 0 Å². The maximum absolute atomic E-state index is 10.5. The van der Waals surface area contributed by atoms with Crippen LogP contribution in [0.2, 0.25) is 0 Å². The molecule has 2 heteroatoms. The Morgan fingerprint density at radius 1 is 1.55 bits per heavy atom. The van der Waals surface area contributed by atoms with Crippen molar-refractivity contribution < 1.29 is 9.53 Å². The minimum atomic E-state index is -0.149. The predicted molar refractivity (Wildman–Crippen MR) is 43.1 cm³/mol. The first kappa shape index (κ1) is 8.57. The SMILES string of the molecule is CC(=O)OCC1CCCC1C. The summed E-state index contributed by atoms with van der Waals surface area (Å²) in [5, 5.41) is 0. The lowest BCUT2D eigenvalue weighted by Crippen LogP contribution is -2.14. The highest BCUT2D eigenvalue weighted by Crippen LogP contribution is 2.31. The number of carbonyl (C=O) groups excluding carboxylic acids is 1. The molecule has 2 nitrogen and oxygen atoms in total. The van der Waals surface area contributed by atoms with Crippen LogP contribution in [-0.2, 0) is 9.53 Å². The second-order valence-corrected chi connectivity index (χ2v) is 3.47. The van der Waals surface area contributed by atoms with E-state index < -0.39 is 0 Å². The van der Waals surface area contributed by atoms with E-state index in [9.17, 15) is 4.79 Å². The molecule has 0 N–H and O–H groups in total. The maximum atomic E-state index is 10.5. The zero-order valence-electron chi connectivity index (χ0n) is 7.30. The Balaban J connectivity index is 2.20. The molecule has 64 valence electrons. The van der Waals surface area contributed by atoms with Crippen LogP contribution in [0.3, 0.4) is 0 Å². The van der Waals surface area contributed by atoms with E-state index in [1.54, 1.807) is 0 Å². The minimum absolute atomic E-state index is 0.149. The molecule has 0 aromatic carbocycles. The second kappa shape index (κ2) is 3.74. The van der Waals surface area contributed by atoms with Crippen LogP contribution in [0.4, 0.5) is 0 Å². The predicted octanol–water partition coefficient (Wildman–Crippen LogP) is 1.99. The van der Waals surface area contributed by atoms with Gasteiger partial charge in [0.2, 0.25) is 0 Å². The quantitative estimate of drug-likeness (QED) is 0.571. The van der Waals surface area contributed by atoms with E-state index in [2.05, 4.69) is 6.92 Å². The van der Waals surface area contributed by atoms with E-state index in [4.69, 9.17) is 4.74 Å². The fraction of sp³-hybridized carbons (Fsp3) is 0.889. The first-order valence-corrected chi connectivity index (χ1v) is 4.33. The maximum Gasteiger partial charge on any atom is 0.302 e. The van der Waals surface area contributed by atoms with E-state index in [1.165, 1.54) is 26.2 Å². The van der Waals surface area contributed by atoms with Crippen LogP contribution in [0.1, 0.15) is 33.1 Å². The van der Waals surface area contributed by atoms with Crippen molar-refractivity contribution in [2.75, 3.05) is 6.61 Å². The fourth-order valence-corrected chi connectivity index (χ4v) is 1.69. The smallest absolute Gasteiger partial charge is 0.302 e. The third-order valence-electron chi connectivity index (χ3n) is 2.54. The van der Waals surface area contributed by atoms with Gasteiger partial charge in [-0.05, 0) is 18.3 Å². The molecule has 0 heterocycles. The third-order valence-corrected chi connectivity index (χ3v) is 2.54. The summed E-state index contributed by atoms with van der Waals surface area (Å²) in [6.07, 6.45) is 3.83. The molecule has 11 heavy (non-hydrogen) atoms. The topological polar surface area (TPSA) is 26.3 Å². The van der Waals surface area contributed by atoms with Gasteiger partial charge in [-0.2, -0.15) is 0 Å². The van der Waals surface area contributed by atoms with E-state index in [1.807, 2.05) is 0 Å². The van der Waals surface area contributed by atoms with Crippen LogP contribution < -0.4 is 0 Å². The molecule has 1 saturated carbocycles. The van der Waals surface area contributed by atoms with E-state index in [-0.39, 0.29) is 5.97 Å². The lowest BCUT2D eigenvalue weighted by molar-refractivity contribution is -0.142. The summed E-state index contributed by atoms with van der Waals surface area (Å²) < 4.78 is 4.96. The molecule has 0 bridgehead atoms. The van der Waals surface area contributed by atoms with Crippen molar-refractivity contribution in [3.63, 3.8) is 0 Å². The Labute approximate surface area is 67.9 Å².